The molecule has 0 rings (SSSR count). The fourth-order valence-electron chi connectivity index (χ4n) is 0.705. The van der Waals surface area contributed by atoms with Gasteiger partial charge in [-0.3, -0.25) is 4.79 Å². The molecule has 0 N–H and O–H groups in total. The molecule has 0 aromatic rings. The normalized spacial score (nSPS) is 13.8. The van der Waals surface area contributed by atoms with E-state index < -0.39 is 24.1 Å². The van der Waals surface area contributed by atoms with Crippen molar-refractivity contribution in [1.29, 1.82) is 0 Å². The van der Waals surface area contributed by atoms with Crippen LogP contribution in [0.25, 0.3) is 0 Å². The predicted octanol–water partition coefficient (Wildman–Crippen LogP) is 0.0852. The molecule has 0 saturated carbocycles. The van der Waals surface area contributed by atoms with Crippen LogP contribution in [-0.2, 0) is 28.6 Å². The van der Waals surface area contributed by atoms with Crippen LogP contribution in [0.2, 0.25) is 0 Å². The number of esters is 2. The second-order valence-electron chi connectivity index (χ2n) is 3.27. The Balaban J connectivity index is 4.05. The molecule has 0 radical (unpaired) electrons. The van der Waals surface area contributed by atoms with E-state index in [2.05, 4.69) is 4.74 Å². The van der Waals surface area contributed by atoms with E-state index in [1.165, 1.54) is 27.9 Å². The minimum absolute atomic E-state index is 0.280. The van der Waals surface area contributed by atoms with Gasteiger partial charge in [0.25, 0.3) is 0 Å². The van der Waals surface area contributed by atoms with Gasteiger partial charge in [-0.2, -0.15) is 0 Å². The van der Waals surface area contributed by atoms with Crippen LogP contribution in [0.3, 0.4) is 0 Å². The molecule has 92 valence electrons. The van der Waals surface area contributed by atoms with Gasteiger partial charge in [0.2, 0.25) is 0 Å². The van der Waals surface area contributed by atoms with Crippen LogP contribution >= 0.6 is 0 Å². The van der Waals surface area contributed by atoms with Crippen molar-refractivity contribution < 1.29 is 28.6 Å². The van der Waals surface area contributed by atoms with E-state index in [0.717, 1.165) is 0 Å². The minimum Gasteiger partial charge on any atom is -0.455 e. The first-order valence-corrected chi connectivity index (χ1v) is 4.77. The number of hydrogen-bond acceptors (Lipinski definition) is 6. The zero-order chi connectivity index (χ0) is 12.7. The van der Waals surface area contributed by atoms with Crippen LogP contribution in [0.5, 0.6) is 0 Å². The summed E-state index contributed by atoms with van der Waals surface area (Å²) in [4.78, 5) is 32.9. The predicted molar refractivity (Wildman–Crippen MR) is 53.7 cm³/mol. The van der Waals surface area contributed by atoms with Crippen molar-refractivity contribution in [1.82, 2.24) is 0 Å². The lowest BCUT2D eigenvalue weighted by Crippen LogP contribution is -2.32. The molecule has 0 aliphatic heterocycles. The Labute approximate surface area is 93.8 Å². The van der Waals surface area contributed by atoms with Crippen molar-refractivity contribution in [3.63, 3.8) is 0 Å². The van der Waals surface area contributed by atoms with E-state index >= 15 is 0 Å². The van der Waals surface area contributed by atoms with Crippen molar-refractivity contribution in [2.75, 3.05) is 13.7 Å². The second-order valence-corrected chi connectivity index (χ2v) is 3.27. The summed E-state index contributed by atoms with van der Waals surface area (Å²) >= 11 is 0. The molecular formula is C10H16O6. The molecule has 0 spiro atoms. The van der Waals surface area contributed by atoms with Crippen molar-refractivity contribution in [3.05, 3.63) is 0 Å². The molecule has 0 aromatic heterocycles. The van der Waals surface area contributed by atoms with Gasteiger partial charge in [0, 0.05) is 7.11 Å². The quantitative estimate of drug-likeness (QED) is 0.604. The molecule has 0 aliphatic carbocycles. The Bertz CT molecular complexity index is 272. The highest BCUT2D eigenvalue weighted by Gasteiger charge is 2.22. The molecule has 16 heavy (non-hydrogen) atoms. The molecule has 6 heteroatoms. The molecule has 0 saturated heterocycles. The van der Waals surface area contributed by atoms with Crippen LogP contribution in [-0.4, -0.2) is 43.6 Å². The van der Waals surface area contributed by atoms with Gasteiger partial charge in [-0.25, -0.2) is 9.59 Å². The number of ketones is 1. The zero-order valence-electron chi connectivity index (χ0n) is 9.81. The number of carbonyl (C=O) groups is 3. The summed E-state index contributed by atoms with van der Waals surface area (Å²) in [7, 11) is 1.35. The molecule has 0 unspecified atom stereocenters. The summed E-state index contributed by atoms with van der Waals surface area (Å²) in [6.07, 6.45) is -1.80. The second kappa shape index (κ2) is 6.95. The average Bonchev–Trinajstić information content (AvgIpc) is 2.24. The monoisotopic (exact) mass is 232 g/mol. The van der Waals surface area contributed by atoms with Gasteiger partial charge in [0.15, 0.2) is 18.0 Å². The number of methoxy groups -OCH3 is 1. The lowest BCUT2D eigenvalue weighted by atomic mass is 10.3. The Morgan fingerprint density at radius 1 is 1.06 bits per heavy atom. The van der Waals surface area contributed by atoms with E-state index in [4.69, 9.17) is 9.47 Å². The summed E-state index contributed by atoms with van der Waals surface area (Å²) in [6, 6.07) is 0. The molecule has 0 heterocycles. The molecular weight excluding hydrogens is 216 g/mol. The first-order valence-electron chi connectivity index (χ1n) is 4.77. The molecule has 2 atom stereocenters. The van der Waals surface area contributed by atoms with E-state index in [9.17, 15) is 14.4 Å². The maximum absolute atomic E-state index is 11.2. The topological polar surface area (TPSA) is 78.9 Å². The first kappa shape index (κ1) is 14.6. The van der Waals surface area contributed by atoms with Crippen molar-refractivity contribution in [2.45, 2.75) is 33.0 Å². The highest BCUT2D eigenvalue weighted by atomic mass is 16.6. The van der Waals surface area contributed by atoms with Crippen molar-refractivity contribution in [2.24, 2.45) is 0 Å². The number of rotatable bonds is 6. The number of Topliss-reactive ketones (excluding diaryl/α,β-unsaturated/α-hetero) is 1. The summed E-state index contributed by atoms with van der Waals surface area (Å²) in [6.45, 7) is 3.83. The standard InChI is InChI=1S/C10H16O6/c1-6(11)5-15-9(12)8(3)16-10(13)7(2)14-4/h7-8H,5H2,1-4H3/t7-,8+/m1/s1. The average molecular weight is 232 g/mol. The van der Waals surface area contributed by atoms with Crippen molar-refractivity contribution >= 4 is 17.7 Å². The van der Waals surface area contributed by atoms with Gasteiger partial charge in [0.05, 0.1) is 0 Å². The third kappa shape index (κ3) is 5.45. The van der Waals surface area contributed by atoms with Crippen LogP contribution in [0, 0.1) is 0 Å². The first-order chi connectivity index (χ1) is 7.38. The zero-order valence-corrected chi connectivity index (χ0v) is 9.81. The van der Waals surface area contributed by atoms with Gasteiger partial charge in [-0.15, -0.1) is 0 Å². The fourth-order valence-corrected chi connectivity index (χ4v) is 0.705. The molecule has 0 amide bonds. The van der Waals surface area contributed by atoms with Crippen LogP contribution in [0.1, 0.15) is 20.8 Å². The lowest BCUT2D eigenvalue weighted by Gasteiger charge is -2.14. The van der Waals surface area contributed by atoms with Crippen LogP contribution in [0.15, 0.2) is 0 Å². The Hall–Kier alpha value is -1.43. The lowest BCUT2D eigenvalue weighted by molar-refractivity contribution is -0.172. The molecule has 0 aliphatic rings. The Kier molecular flexibility index (Phi) is 6.32. The molecule has 0 aromatic carbocycles. The van der Waals surface area contributed by atoms with E-state index in [1.807, 2.05) is 0 Å². The van der Waals surface area contributed by atoms with Gasteiger partial charge in [-0.05, 0) is 20.8 Å². The third-order valence-corrected chi connectivity index (χ3v) is 1.73. The Morgan fingerprint density at radius 2 is 1.62 bits per heavy atom. The van der Waals surface area contributed by atoms with E-state index in [0.29, 0.717) is 0 Å². The fraction of sp³-hybridized carbons (Fsp3) is 0.700. The smallest absolute Gasteiger partial charge is 0.347 e. The summed E-state index contributed by atoms with van der Waals surface area (Å²) in [5, 5.41) is 0. The van der Waals surface area contributed by atoms with E-state index in [1.54, 1.807) is 0 Å². The maximum atomic E-state index is 11.2. The van der Waals surface area contributed by atoms with Gasteiger partial charge >= 0.3 is 11.9 Å². The highest BCUT2D eigenvalue weighted by molar-refractivity contribution is 5.83. The molecule has 0 fully saturated rings. The van der Waals surface area contributed by atoms with Gasteiger partial charge in [-0.1, -0.05) is 0 Å². The van der Waals surface area contributed by atoms with Crippen LogP contribution in [0.4, 0.5) is 0 Å². The largest absolute Gasteiger partial charge is 0.455 e. The number of hydrogen-bond donors (Lipinski definition) is 0. The number of carbonyl (C=O) groups excluding carboxylic acids is 3. The Morgan fingerprint density at radius 3 is 2.06 bits per heavy atom. The minimum atomic E-state index is -1.05. The number of ether oxygens (including phenoxy) is 3. The summed E-state index contributed by atoms with van der Waals surface area (Å²) in [5.41, 5.74) is 0. The van der Waals surface area contributed by atoms with Crippen molar-refractivity contribution in [3.8, 4) is 0 Å². The van der Waals surface area contributed by atoms with Gasteiger partial charge < -0.3 is 14.2 Å². The summed E-state index contributed by atoms with van der Waals surface area (Å²) in [5.74, 6) is -1.70. The third-order valence-electron chi connectivity index (χ3n) is 1.73. The molecule has 6 nitrogen and oxygen atoms in total. The van der Waals surface area contributed by atoms with Crippen LogP contribution < -0.4 is 0 Å². The SMILES string of the molecule is CO[C@H](C)C(=O)O[C@@H](C)C(=O)OCC(C)=O. The summed E-state index contributed by atoms with van der Waals surface area (Å²) < 4.78 is 14.0. The maximum Gasteiger partial charge on any atom is 0.347 e. The van der Waals surface area contributed by atoms with Gasteiger partial charge in [0.1, 0.15) is 6.61 Å². The van der Waals surface area contributed by atoms with E-state index in [-0.39, 0.29) is 12.4 Å². The molecule has 0 bridgehead atoms. The highest BCUT2D eigenvalue weighted by Crippen LogP contribution is 2.00.